The summed E-state index contributed by atoms with van der Waals surface area (Å²) in [6.45, 7) is 12.8. The average Bonchev–Trinajstić information content (AvgIpc) is 4.01. The number of carbonyl (C=O) groups excluding carboxylic acids is 3. The van der Waals surface area contributed by atoms with Crippen molar-refractivity contribution in [2.24, 2.45) is 23.2 Å². The van der Waals surface area contributed by atoms with E-state index in [0.29, 0.717) is 19.7 Å². The van der Waals surface area contributed by atoms with Crippen LogP contribution in [0.3, 0.4) is 0 Å². The number of methoxy groups -OCH3 is 1. The Morgan fingerprint density at radius 3 is 2.40 bits per heavy atom. The van der Waals surface area contributed by atoms with E-state index >= 15 is 0 Å². The molecule has 7 rings (SSSR count). The molecule has 3 saturated heterocycles. The number of alkyl carbamates (subject to hydrolysis) is 1. The number of amides is 3. The lowest BCUT2D eigenvalue weighted by Crippen LogP contribution is -2.51. The molecule has 0 saturated carbocycles. The Balaban J connectivity index is 1.04. The maximum absolute atomic E-state index is 13.7. The molecule has 3 aliphatic heterocycles. The minimum Gasteiger partial charge on any atom is -0.453 e. The first kappa shape index (κ1) is 38.1. The molecular formula is C43H53N7O5. The smallest absolute Gasteiger partial charge is 0.407 e. The molecule has 0 unspecified atom stereocenters. The Morgan fingerprint density at radius 1 is 0.927 bits per heavy atom. The lowest BCUT2D eigenvalue weighted by Gasteiger charge is -2.33. The monoisotopic (exact) mass is 747 g/mol. The molecule has 0 aliphatic carbocycles. The third-order valence-electron chi connectivity index (χ3n) is 11.8. The zero-order chi connectivity index (χ0) is 38.9. The number of aromatic amines is 2. The van der Waals surface area contributed by atoms with Crippen LogP contribution in [0.25, 0.3) is 22.3 Å². The normalized spacial score (nSPS) is 22.3. The Labute approximate surface area is 323 Å². The second-order valence-corrected chi connectivity index (χ2v) is 16.3. The van der Waals surface area contributed by atoms with E-state index in [0.717, 1.165) is 83.8 Å². The van der Waals surface area contributed by atoms with Crippen molar-refractivity contribution >= 4 is 28.9 Å². The predicted molar refractivity (Wildman–Crippen MR) is 210 cm³/mol. The van der Waals surface area contributed by atoms with Gasteiger partial charge < -0.3 is 34.6 Å². The molecule has 5 atom stereocenters. The molecule has 3 amide bonds. The Hall–Kier alpha value is -5.15. The SMILES string of the molecule is COC(=O)N[C@H](C(=O)N1CCC[C@H]1c1ncc(-c2ccc(C#Cc3ccc4nc([C@@H]5C[C@]6(CCCOC6)CN5C(=O)[C@@H](C)C(C)C)[nH]c4c3)cc2)[nH]1)C(C)C. The van der Waals surface area contributed by atoms with Crippen LogP contribution in [0.2, 0.25) is 0 Å². The standard InChI is InChI=1S/C43H53N7O5/c1-26(2)28(5)40(51)50-24-43(18-8-20-55-25-43)22-36(50)39-45-32-17-14-30(21-33(32)46-39)11-10-29-12-15-31(16-13-29)34-23-44-38(47-34)35-9-7-19-49(35)41(52)37(27(3)4)48-42(53)54-6/h12-17,21,23,26-28,35-37H,7-9,18-20,22,24-25H2,1-6H3,(H,44,47)(H,45,46)(H,48,53)/t28-,35-,36-,37-,43+/m0/s1. The summed E-state index contributed by atoms with van der Waals surface area (Å²) in [7, 11) is 1.29. The van der Waals surface area contributed by atoms with E-state index in [-0.39, 0.29) is 47.1 Å². The lowest BCUT2D eigenvalue weighted by atomic mass is 9.80. The Kier molecular flexibility index (Phi) is 11.0. The molecule has 12 nitrogen and oxygen atoms in total. The van der Waals surface area contributed by atoms with Crippen LogP contribution in [0.5, 0.6) is 0 Å². The maximum atomic E-state index is 13.7. The van der Waals surface area contributed by atoms with Crippen molar-refractivity contribution < 1.29 is 23.9 Å². The molecule has 12 heteroatoms. The fourth-order valence-corrected chi connectivity index (χ4v) is 8.26. The molecular weight excluding hydrogens is 695 g/mol. The van der Waals surface area contributed by atoms with E-state index in [1.54, 1.807) is 6.20 Å². The molecule has 5 heterocycles. The molecule has 2 aromatic heterocycles. The zero-order valence-corrected chi connectivity index (χ0v) is 32.8. The number of H-pyrrole nitrogens is 2. The first-order valence-electron chi connectivity index (χ1n) is 19.7. The van der Waals surface area contributed by atoms with Gasteiger partial charge in [0.15, 0.2) is 0 Å². The summed E-state index contributed by atoms with van der Waals surface area (Å²) in [4.78, 5) is 59.7. The summed E-state index contributed by atoms with van der Waals surface area (Å²) in [5.41, 5.74) is 5.29. The molecule has 0 bridgehead atoms. The van der Waals surface area contributed by atoms with Crippen molar-refractivity contribution in [3.63, 3.8) is 0 Å². The number of aromatic nitrogens is 4. The van der Waals surface area contributed by atoms with Crippen LogP contribution in [0.4, 0.5) is 4.79 Å². The van der Waals surface area contributed by atoms with Crippen LogP contribution in [0.1, 0.15) is 102 Å². The van der Waals surface area contributed by atoms with Crippen molar-refractivity contribution in [1.29, 1.82) is 0 Å². The summed E-state index contributed by atoms with van der Waals surface area (Å²) in [5, 5.41) is 2.70. The summed E-state index contributed by atoms with van der Waals surface area (Å²) < 4.78 is 10.7. The van der Waals surface area contributed by atoms with Crippen LogP contribution in [0, 0.1) is 35.0 Å². The molecule has 3 aliphatic rings. The second-order valence-electron chi connectivity index (χ2n) is 16.3. The topological polar surface area (TPSA) is 146 Å². The van der Waals surface area contributed by atoms with E-state index in [2.05, 4.69) is 50.9 Å². The number of hydrogen-bond acceptors (Lipinski definition) is 7. The van der Waals surface area contributed by atoms with Crippen LogP contribution < -0.4 is 5.32 Å². The number of fused-ring (bicyclic) bond motifs is 1. The number of rotatable bonds is 8. The number of benzene rings is 2. The zero-order valence-electron chi connectivity index (χ0n) is 32.8. The van der Waals surface area contributed by atoms with Crippen molar-refractivity contribution in [1.82, 2.24) is 35.1 Å². The number of imidazole rings is 2. The molecule has 290 valence electrons. The van der Waals surface area contributed by atoms with Crippen LogP contribution >= 0.6 is 0 Å². The van der Waals surface area contributed by atoms with Crippen LogP contribution in [0.15, 0.2) is 48.7 Å². The first-order valence-corrected chi connectivity index (χ1v) is 19.7. The largest absolute Gasteiger partial charge is 0.453 e. The van der Waals surface area contributed by atoms with Gasteiger partial charge in [0.05, 0.1) is 48.7 Å². The molecule has 0 radical (unpaired) electrons. The van der Waals surface area contributed by atoms with Crippen molar-refractivity contribution in [3.05, 3.63) is 71.4 Å². The Morgan fingerprint density at radius 2 is 1.69 bits per heavy atom. The third-order valence-corrected chi connectivity index (χ3v) is 11.8. The van der Waals surface area contributed by atoms with Crippen molar-refractivity contribution in [2.45, 2.75) is 84.8 Å². The molecule has 2 aromatic carbocycles. The van der Waals surface area contributed by atoms with E-state index in [4.69, 9.17) is 14.5 Å². The van der Waals surface area contributed by atoms with Gasteiger partial charge in [0.25, 0.3) is 0 Å². The maximum Gasteiger partial charge on any atom is 0.407 e. The second kappa shape index (κ2) is 15.9. The quantitative estimate of drug-likeness (QED) is 0.169. The predicted octanol–water partition coefficient (Wildman–Crippen LogP) is 6.76. The van der Waals surface area contributed by atoms with E-state index < -0.39 is 12.1 Å². The molecule has 55 heavy (non-hydrogen) atoms. The van der Waals surface area contributed by atoms with E-state index in [1.165, 1.54) is 7.11 Å². The highest BCUT2D eigenvalue weighted by atomic mass is 16.5. The van der Waals surface area contributed by atoms with Gasteiger partial charge in [-0.3, -0.25) is 9.59 Å². The van der Waals surface area contributed by atoms with Gasteiger partial charge in [-0.25, -0.2) is 14.8 Å². The lowest BCUT2D eigenvalue weighted by molar-refractivity contribution is -0.138. The van der Waals surface area contributed by atoms with Crippen LogP contribution in [-0.2, 0) is 19.1 Å². The van der Waals surface area contributed by atoms with Gasteiger partial charge >= 0.3 is 6.09 Å². The van der Waals surface area contributed by atoms with Gasteiger partial charge in [-0.15, -0.1) is 0 Å². The number of nitrogens with zero attached hydrogens (tertiary/aromatic N) is 4. The number of ether oxygens (including phenoxy) is 2. The summed E-state index contributed by atoms with van der Waals surface area (Å²) in [6, 6.07) is 13.0. The van der Waals surface area contributed by atoms with Crippen LogP contribution in [-0.4, -0.2) is 87.1 Å². The van der Waals surface area contributed by atoms with Crippen molar-refractivity contribution in [2.75, 3.05) is 33.4 Å². The summed E-state index contributed by atoms with van der Waals surface area (Å²) in [6.07, 6.45) is 5.74. The third kappa shape index (κ3) is 7.99. The summed E-state index contributed by atoms with van der Waals surface area (Å²) >= 11 is 0. The number of nitrogens with one attached hydrogen (secondary N) is 3. The highest BCUT2D eigenvalue weighted by Crippen LogP contribution is 2.48. The van der Waals surface area contributed by atoms with Crippen molar-refractivity contribution in [3.8, 4) is 23.1 Å². The van der Waals surface area contributed by atoms with Gasteiger partial charge in [-0.2, -0.15) is 0 Å². The minimum absolute atomic E-state index is 0.0271. The highest BCUT2D eigenvalue weighted by Gasteiger charge is 2.49. The van der Waals surface area contributed by atoms with Gasteiger partial charge in [0, 0.05) is 42.2 Å². The fraction of sp³-hybridized carbons (Fsp3) is 0.512. The average molecular weight is 748 g/mol. The van der Waals surface area contributed by atoms with Gasteiger partial charge in [-0.1, -0.05) is 58.6 Å². The molecule has 1 spiro atoms. The number of hydrogen-bond donors (Lipinski definition) is 3. The first-order chi connectivity index (χ1) is 26.4. The summed E-state index contributed by atoms with van der Waals surface area (Å²) in [5.74, 6) is 8.30. The molecule has 4 aromatic rings. The van der Waals surface area contributed by atoms with Gasteiger partial charge in [-0.05, 0) is 79.8 Å². The number of carbonyl (C=O) groups is 3. The fourth-order valence-electron chi connectivity index (χ4n) is 8.26. The minimum atomic E-state index is -0.682. The Bertz CT molecular complexity index is 2080. The van der Waals surface area contributed by atoms with Gasteiger partial charge in [0.1, 0.15) is 17.7 Å². The van der Waals surface area contributed by atoms with E-state index in [1.807, 2.05) is 68.1 Å². The van der Waals surface area contributed by atoms with E-state index in [9.17, 15) is 14.4 Å². The highest BCUT2D eigenvalue weighted by molar-refractivity contribution is 5.86. The molecule has 3 N–H and O–H groups in total. The van der Waals surface area contributed by atoms with Gasteiger partial charge in [0.2, 0.25) is 11.8 Å². The molecule has 3 fully saturated rings. The number of likely N-dealkylation sites (tertiary alicyclic amines) is 2.